The topological polar surface area (TPSA) is 102 Å². The molecule has 120 valence electrons. The fourth-order valence-corrected chi connectivity index (χ4v) is 2.16. The van der Waals surface area contributed by atoms with Gasteiger partial charge in [0, 0.05) is 18.8 Å². The number of carboxylic acids is 1. The molecule has 2 heterocycles. The van der Waals surface area contributed by atoms with Crippen LogP contribution in [0.5, 0.6) is 5.88 Å². The molecule has 0 saturated carbocycles. The lowest BCUT2D eigenvalue weighted by Crippen LogP contribution is -2.43. The first-order valence-electron chi connectivity index (χ1n) is 6.91. The highest BCUT2D eigenvalue weighted by Crippen LogP contribution is 2.24. The van der Waals surface area contributed by atoms with E-state index >= 15 is 0 Å². The van der Waals surface area contributed by atoms with Crippen LogP contribution in [0.15, 0.2) is 18.6 Å². The standard InChI is InChI=1S/C14H19N3O5/c1-14(2,3)22-13(20)17-8-9(6-10(17)12(18)19)21-11-7-15-4-5-16-11/h4-5,7,9-10H,6,8H2,1-3H3,(H,18,19)/t9-,10+/m1/s1. The smallest absolute Gasteiger partial charge is 0.411 e. The van der Waals surface area contributed by atoms with Crippen LogP contribution in [0.25, 0.3) is 0 Å². The zero-order chi connectivity index (χ0) is 16.3. The third-order valence-electron chi connectivity index (χ3n) is 3.00. The summed E-state index contributed by atoms with van der Waals surface area (Å²) in [4.78, 5) is 32.5. The predicted octanol–water partition coefficient (Wildman–Crippen LogP) is 1.32. The van der Waals surface area contributed by atoms with Crippen LogP contribution >= 0.6 is 0 Å². The highest BCUT2D eigenvalue weighted by molar-refractivity contribution is 5.81. The van der Waals surface area contributed by atoms with Gasteiger partial charge in [-0.1, -0.05) is 0 Å². The first-order valence-corrected chi connectivity index (χ1v) is 6.91. The molecule has 0 spiro atoms. The van der Waals surface area contributed by atoms with E-state index in [1.54, 1.807) is 20.8 Å². The molecule has 22 heavy (non-hydrogen) atoms. The van der Waals surface area contributed by atoms with Crippen LogP contribution in [0.4, 0.5) is 4.79 Å². The lowest BCUT2D eigenvalue weighted by molar-refractivity contribution is -0.142. The number of amides is 1. The van der Waals surface area contributed by atoms with Crippen molar-refractivity contribution >= 4 is 12.1 Å². The summed E-state index contributed by atoms with van der Waals surface area (Å²) in [6.45, 7) is 5.31. The summed E-state index contributed by atoms with van der Waals surface area (Å²) in [5.41, 5.74) is -0.690. The Morgan fingerprint density at radius 3 is 2.64 bits per heavy atom. The number of rotatable bonds is 3. The minimum absolute atomic E-state index is 0.127. The molecule has 2 atom stereocenters. The number of nitrogens with zero attached hydrogens (tertiary/aromatic N) is 3. The molecule has 1 aliphatic rings. The second kappa shape index (κ2) is 6.17. The Balaban J connectivity index is 2.06. The number of carbonyl (C=O) groups is 2. The molecule has 8 heteroatoms. The number of aliphatic carboxylic acids is 1. The Morgan fingerprint density at radius 2 is 2.09 bits per heavy atom. The highest BCUT2D eigenvalue weighted by Gasteiger charge is 2.42. The van der Waals surface area contributed by atoms with Gasteiger partial charge in [-0.25, -0.2) is 14.6 Å². The zero-order valence-electron chi connectivity index (χ0n) is 12.7. The summed E-state index contributed by atoms with van der Waals surface area (Å²) >= 11 is 0. The molecule has 1 fully saturated rings. The summed E-state index contributed by atoms with van der Waals surface area (Å²) in [7, 11) is 0. The molecule has 1 amide bonds. The maximum atomic E-state index is 12.1. The van der Waals surface area contributed by atoms with E-state index in [-0.39, 0.29) is 13.0 Å². The van der Waals surface area contributed by atoms with E-state index in [2.05, 4.69) is 9.97 Å². The van der Waals surface area contributed by atoms with Gasteiger partial charge < -0.3 is 14.6 Å². The number of hydrogen-bond donors (Lipinski definition) is 1. The van der Waals surface area contributed by atoms with Crippen molar-refractivity contribution in [1.82, 2.24) is 14.9 Å². The van der Waals surface area contributed by atoms with Gasteiger partial charge in [-0.05, 0) is 20.8 Å². The first kappa shape index (κ1) is 16.0. The van der Waals surface area contributed by atoms with E-state index in [9.17, 15) is 14.7 Å². The van der Waals surface area contributed by atoms with Crippen molar-refractivity contribution in [2.24, 2.45) is 0 Å². The number of aromatic nitrogens is 2. The minimum Gasteiger partial charge on any atom is -0.480 e. The van der Waals surface area contributed by atoms with Gasteiger partial charge in [0.1, 0.15) is 17.7 Å². The molecular weight excluding hydrogens is 290 g/mol. The third-order valence-corrected chi connectivity index (χ3v) is 3.00. The normalized spacial score (nSPS) is 21.5. The van der Waals surface area contributed by atoms with E-state index in [0.717, 1.165) is 0 Å². The van der Waals surface area contributed by atoms with Crippen LogP contribution in [0.2, 0.25) is 0 Å². The molecule has 1 saturated heterocycles. The van der Waals surface area contributed by atoms with E-state index in [1.165, 1.54) is 23.5 Å². The molecule has 1 N–H and O–H groups in total. The van der Waals surface area contributed by atoms with E-state index in [0.29, 0.717) is 5.88 Å². The fraction of sp³-hybridized carbons (Fsp3) is 0.571. The third kappa shape index (κ3) is 4.06. The van der Waals surface area contributed by atoms with Crippen molar-refractivity contribution in [2.45, 2.75) is 44.9 Å². The van der Waals surface area contributed by atoms with E-state index < -0.39 is 29.8 Å². The first-order chi connectivity index (χ1) is 10.3. The van der Waals surface area contributed by atoms with Crippen molar-refractivity contribution < 1.29 is 24.2 Å². The number of carbonyl (C=O) groups excluding carboxylic acids is 1. The fourth-order valence-electron chi connectivity index (χ4n) is 2.16. The SMILES string of the molecule is CC(C)(C)OC(=O)N1C[C@H](Oc2cnccn2)C[C@H]1C(=O)O. The second-order valence-electron chi connectivity index (χ2n) is 6.01. The van der Waals surface area contributed by atoms with Crippen molar-refractivity contribution in [3.05, 3.63) is 18.6 Å². The minimum atomic E-state index is -1.09. The Morgan fingerprint density at radius 1 is 1.36 bits per heavy atom. The summed E-state index contributed by atoms with van der Waals surface area (Å²) in [6, 6.07) is -0.975. The Hall–Kier alpha value is -2.38. The molecule has 0 radical (unpaired) electrons. The van der Waals surface area contributed by atoms with Crippen LogP contribution in [-0.4, -0.2) is 56.3 Å². The number of hydrogen-bond acceptors (Lipinski definition) is 6. The zero-order valence-corrected chi connectivity index (χ0v) is 12.7. The van der Waals surface area contributed by atoms with Crippen LogP contribution < -0.4 is 4.74 Å². The van der Waals surface area contributed by atoms with Gasteiger partial charge in [-0.15, -0.1) is 0 Å². The van der Waals surface area contributed by atoms with Crippen molar-refractivity contribution in [3.8, 4) is 5.88 Å². The average Bonchev–Trinajstić information content (AvgIpc) is 2.82. The van der Waals surface area contributed by atoms with Crippen LogP contribution in [-0.2, 0) is 9.53 Å². The van der Waals surface area contributed by atoms with E-state index in [1.807, 2.05) is 0 Å². The van der Waals surface area contributed by atoms with Crippen molar-refractivity contribution in [1.29, 1.82) is 0 Å². The highest BCUT2D eigenvalue weighted by atomic mass is 16.6. The van der Waals surface area contributed by atoms with Gasteiger partial charge in [0.15, 0.2) is 0 Å². The molecule has 8 nitrogen and oxygen atoms in total. The van der Waals surface area contributed by atoms with E-state index in [4.69, 9.17) is 9.47 Å². The van der Waals surface area contributed by atoms with Gasteiger partial charge in [0.25, 0.3) is 0 Å². The quantitative estimate of drug-likeness (QED) is 0.898. The summed E-state index contributed by atoms with van der Waals surface area (Å²) < 4.78 is 10.8. The van der Waals surface area contributed by atoms with Gasteiger partial charge in [-0.3, -0.25) is 9.88 Å². The molecule has 0 aromatic carbocycles. The second-order valence-corrected chi connectivity index (χ2v) is 6.01. The summed E-state index contributed by atoms with van der Waals surface area (Å²) in [5, 5.41) is 9.28. The maximum Gasteiger partial charge on any atom is 0.411 e. The molecule has 1 aromatic heterocycles. The number of ether oxygens (including phenoxy) is 2. The monoisotopic (exact) mass is 309 g/mol. The number of likely N-dealkylation sites (tertiary alicyclic amines) is 1. The molecule has 0 bridgehead atoms. The lowest BCUT2D eigenvalue weighted by Gasteiger charge is -2.26. The Bertz CT molecular complexity index is 543. The lowest BCUT2D eigenvalue weighted by atomic mass is 10.2. The van der Waals surface area contributed by atoms with Gasteiger partial charge in [0.2, 0.25) is 5.88 Å². The van der Waals surface area contributed by atoms with Crippen molar-refractivity contribution in [3.63, 3.8) is 0 Å². The van der Waals surface area contributed by atoms with Crippen LogP contribution in [0, 0.1) is 0 Å². The molecule has 2 rings (SSSR count). The van der Waals surface area contributed by atoms with Gasteiger partial charge in [-0.2, -0.15) is 0 Å². The molecule has 1 aromatic rings. The average molecular weight is 309 g/mol. The maximum absolute atomic E-state index is 12.1. The van der Waals surface area contributed by atoms with Gasteiger partial charge in [0.05, 0.1) is 12.7 Å². The molecule has 0 aliphatic carbocycles. The van der Waals surface area contributed by atoms with Crippen LogP contribution in [0.1, 0.15) is 27.2 Å². The van der Waals surface area contributed by atoms with Gasteiger partial charge >= 0.3 is 12.1 Å². The summed E-state index contributed by atoms with van der Waals surface area (Å²) in [5.74, 6) is -0.793. The Labute approximate surface area is 128 Å². The predicted molar refractivity (Wildman–Crippen MR) is 75.4 cm³/mol. The van der Waals surface area contributed by atoms with Crippen LogP contribution in [0.3, 0.4) is 0 Å². The van der Waals surface area contributed by atoms with Crippen molar-refractivity contribution in [2.75, 3.05) is 6.54 Å². The summed E-state index contributed by atoms with van der Waals surface area (Å²) in [6.07, 6.45) is 3.46. The largest absolute Gasteiger partial charge is 0.480 e. The molecular formula is C14H19N3O5. The molecule has 0 unspecified atom stereocenters. The Kier molecular flexibility index (Phi) is 4.48. The number of carboxylic acid groups (broad SMARTS) is 1. The molecule has 1 aliphatic heterocycles.